The van der Waals surface area contributed by atoms with Gasteiger partial charge in [0.05, 0.1) is 6.61 Å². The summed E-state index contributed by atoms with van der Waals surface area (Å²) in [7, 11) is 0. The highest BCUT2D eigenvalue weighted by Crippen LogP contribution is 2.21. The molecule has 0 amide bonds. The van der Waals surface area contributed by atoms with Gasteiger partial charge < -0.3 is 10.4 Å². The van der Waals surface area contributed by atoms with Gasteiger partial charge in [-0.25, -0.2) is 0 Å². The molecule has 2 N–H and O–H groups in total. The Kier molecular flexibility index (Phi) is 4.97. The first-order valence-corrected chi connectivity index (χ1v) is 7.25. The van der Waals surface area contributed by atoms with Gasteiger partial charge in [0.25, 0.3) is 0 Å². The number of aliphatic hydroxyl groups excluding tert-OH is 1. The Balaban J connectivity index is 1.98. The van der Waals surface area contributed by atoms with Crippen LogP contribution in [0.2, 0.25) is 0 Å². The number of aliphatic hydroxyl groups is 1. The van der Waals surface area contributed by atoms with Crippen molar-refractivity contribution in [3.05, 3.63) is 35.9 Å². The van der Waals surface area contributed by atoms with Crippen LogP contribution in [0.25, 0.3) is 0 Å². The van der Waals surface area contributed by atoms with Gasteiger partial charge in [0.2, 0.25) is 0 Å². The zero-order valence-electron chi connectivity index (χ0n) is 12.1. The van der Waals surface area contributed by atoms with E-state index in [9.17, 15) is 5.11 Å². The summed E-state index contributed by atoms with van der Waals surface area (Å²) in [5.41, 5.74) is 1.59. The third-order valence-electron chi connectivity index (χ3n) is 4.20. The number of hydrogen-bond acceptors (Lipinski definition) is 3. The Hall–Kier alpha value is -0.900. The summed E-state index contributed by atoms with van der Waals surface area (Å²) in [5, 5.41) is 12.8. The van der Waals surface area contributed by atoms with Crippen LogP contribution in [-0.4, -0.2) is 47.8 Å². The molecule has 1 aromatic rings. The molecule has 1 aliphatic heterocycles. The Bertz CT molecular complexity index is 378. The normalized spacial score (nSPS) is 24.1. The molecule has 0 spiro atoms. The Labute approximate surface area is 116 Å². The molecule has 0 saturated carbocycles. The largest absolute Gasteiger partial charge is 0.395 e. The Morgan fingerprint density at radius 1 is 1.32 bits per heavy atom. The van der Waals surface area contributed by atoms with E-state index in [-0.39, 0.29) is 18.2 Å². The molecule has 0 bridgehead atoms. The van der Waals surface area contributed by atoms with E-state index in [1.807, 2.05) is 0 Å². The summed E-state index contributed by atoms with van der Waals surface area (Å²) in [6, 6.07) is 10.8. The predicted octanol–water partition coefficient (Wildman–Crippen LogP) is 1.66. The zero-order chi connectivity index (χ0) is 13.7. The Morgan fingerprint density at radius 2 is 2.05 bits per heavy atom. The van der Waals surface area contributed by atoms with Gasteiger partial charge in [0, 0.05) is 24.7 Å². The second-order valence-corrected chi connectivity index (χ2v) is 6.08. The summed E-state index contributed by atoms with van der Waals surface area (Å²) >= 11 is 0. The van der Waals surface area contributed by atoms with Crippen molar-refractivity contribution >= 4 is 0 Å². The molecule has 1 aromatic carbocycles. The minimum Gasteiger partial charge on any atom is -0.395 e. The van der Waals surface area contributed by atoms with Gasteiger partial charge in [-0.15, -0.1) is 0 Å². The zero-order valence-corrected chi connectivity index (χ0v) is 12.1. The van der Waals surface area contributed by atoms with E-state index < -0.39 is 0 Å². The van der Waals surface area contributed by atoms with Crippen LogP contribution < -0.4 is 5.32 Å². The molecule has 1 fully saturated rings. The van der Waals surface area contributed by atoms with E-state index in [1.54, 1.807) is 0 Å². The maximum atomic E-state index is 9.40. The van der Waals surface area contributed by atoms with Gasteiger partial charge in [0.15, 0.2) is 0 Å². The molecular weight excluding hydrogens is 236 g/mol. The van der Waals surface area contributed by atoms with Gasteiger partial charge in [0.1, 0.15) is 0 Å². The van der Waals surface area contributed by atoms with Crippen LogP contribution in [0.1, 0.15) is 25.8 Å². The molecule has 1 aliphatic rings. The highest BCUT2D eigenvalue weighted by Gasteiger charge is 2.30. The number of nitrogens with one attached hydrogen (secondary N) is 1. The summed E-state index contributed by atoms with van der Waals surface area (Å²) in [5.74, 6) is 0. The fraction of sp³-hybridized carbons (Fsp3) is 0.625. The molecule has 0 radical (unpaired) electrons. The standard InChI is InChI=1S/C16H26N2O/c1-16(2)9-10-17-15(13-19)12-18(16)11-8-14-6-4-3-5-7-14/h3-7,15,17,19H,8-13H2,1-2H3. The first kappa shape index (κ1) is 14.5. The van der Waals surface area contributed by atoms with E-state index in [0.29, 0.717) is 0 Å². The molecule has 3 nitrogen and oxygen atoms in total. The number of hydrogen-bond donors (Lipinski definition) is 2. The molecule has 3 heteroatoms. The highest BCUT2D eigenvalue weighted by molar-refractivity contribution is 5.15. The Morgan fingerprint density at radius 3 is 2.74 bits per heavy atom. The lowest BCUT2D eigenvalue weighted by atomic mass is 9.97. The van der Waals surface area contributed by atoms with E-state index in [4.69, 9.17) is 0 Å². The van der Waals surface area contributed by atoms with E-state index >= 15 is 0 Å². The lowest BCUT2D eigenvalue weighted by Crippen LogP contribution is -2.48. The quantitative estimate of drug-likeness (QED) is 0.866. The first-order valence-electron chi connectivity index (χ1n) is 7.25. The SMILES string of the molecule is CC1(C)CCNC(CO)CN1CCc1ccccc1. The third-order valence-corrected chi connectivity index (χ3v) is 4.20. The second kappa shape index (κ2) is 6.51. The van der Waals surface area contributed by atoms with E-state index in [0.717, 1.165) is 32.5 Å². The molecule has 1 unspecified atom stereocenters. The molecule has 1 saturated heterocycles. The van der Waals surface area contributed by atoms with Gasteiger partial charge in [-0.05, 0) is 38.8 Å². The van der Waals surface area contributed by atoms with Crippen molar-refractivity contribution in [1.29, 1.82) is 0 Å². The summed E-state index contributed by atoms with van der Waals surface area (Å²) in [4.78, 5) is 2.51. The van der Waals surface area contributed by atoms with Crippen LogP contribution in [0.4, 0.5) is 0 Å². The van der Waals surface area contributed by atoms with Crippen LogP contribution in [0.3, 0.4) is 0 Å². The van der Waals surface area contributed by atoms with E-state index in [2.05, 4.69) is 54.4 Å². The van der Waals surface area contributed by atoms with Gasteiger partial charge >= 0.3 is 0 Å². The van der Waals surface area contributed by atoms with Gasteiger partial charge in [-0.3, -0.25) is 4.90 Å². The fourth-order valence-corrected chi connectivity index (χ4v) is 2.74. The molecule has 0 aliphatic carbocycles. The van der Waals surface area contributed by atoms with Crippen molar-refractivity contribution in [3.63, 3.8) is 0 Å². The number of nitrogens with zero attached hydrogens (tertiary/aromatic N) is 1. The lowest BCUT2D eigenvalue weighted by molar-refractivity contribution is 0.110. The third kappa shape index (κ3) is 4.03. The molecule has 1 heterocycles. The highest BCUT2D eigenvalue weighted by atomic mass is 16.3. The minimum atomic E-state index is 0.200. The lowest BCUT2D eigenvalue weighted by Gasteiger charge is -2.37. The smallest absolute Gasteiger partial charge is 0.0597 e. The van der Waals surface area contributed by atoms with Crippen molar-refractivity contribution in [2.75, 3.05) is 26.2 Å². The van der Waals surface area contributed by atoms with Crippen molar-refractivity contribution in [2.24, 2.45) is 0 Å². The second-order valence-electron chi connectivity index (χ2n) is 6.08. The maximum absolute atomic E-state index is 9.40. The fourth-order valence-electron chi connectivity index (χ4n) is 2.74. The predicted molar refractivity (Wildman–Crippen MR) is 79.3 cm³/mol. The molecule has 19 heavy (non-hydrogen) atoms. The van der Waals surface area contributed by atoms with Crippen molar-refractivity contribution < 1.29 is 5.11 Å². The van der Waals surface area contributed by atoms with Crippen molar-refractivity contribution in [2.45, 2.75) is 38.3 Å². The average Bonchev–Trinajstić information content (AvgIpc) is 2.56. The summed E-state index contributed by atoms with van der Waals surface area (Å²) in [6.45, 7) is 7.79. The first-order chi connectivity index (χ1) is 9.12. The minimum absolute atomic E-state index is 0.200. The molecule has 2 rings (SSSR count). The number of benzene rings is 1. The van der Waals surface area contributed by atoms with Gasteiger partial charge in [-0.2, -0.15) is 0 Å². The molecule has 106 valence electrons. The monoisotopic (exact) mass is 262 g/mol. The summed E-state index contributed by atoms with van der Waals surface area (Å²) < 4.78 is 0. The van der Waals surface area contributed by atoms with Crippen LogP contribution in [0, 0.1) is 0 Å². The molecule has 0 aromatic heterocycles. The molecule has 1 atom stereocenters. The number of rotatable bonds is 4. The van der Waals surface area contributed by atoms with Crippen LogP contribution in [0.15, 0.2) is 30.3 Å². The van der Waals surface area contributed by atoms with E-state index in [1.165, 1.54) is 5.56 Å². The van der Waals surface area contributed by atoms with Crippen molar-refractivity contribution in [3.8, 4) is 0 Å². The average molecular weight is 262 g/mol. The van der Waals surface area contributed by atoms with Gasteiger partial charge in [-0.1, -0.05) is 30.3 Å². The van der Waals surface area contributed by atoms with Crippen LogP contribution in [-0.2, 0) is 6.42 Å². The summed E-state index contributed by atoms with van der Waals surface area (Å²) in [6.07, 6.45) is 2.20. The van der Waals surface area contributed by atoms with Crippen LogP contribution in [0.5, 0.6) is 0 Å². The molecular formula is C16H26N2O. The maximum Gasteiger partial charge on any atom is 0.0597 e. The van der Waals surface area contributed by atoms with Crippen molar-refractivity contribution in [1.82, 2.24) is 10.2 Å². The van der Waals surface area contributed by atoms with Crippen LogP contribution >= 0.6 is 0 Å². The topological polar surface area (TPSA) is 35.5 Å².